The van der Waals surface area contributed by atoms with Gasteiger partial charge in [0.15, 0.2) is 0 Å². The van der Waals surface area contributed by atoms with Crippen molar-refractivity contribution >= 4 is 29.8 Å². The minimum absolute atomic E-state index is 0.0301. The zero-order chi connectivity index (χ0) is 42.3. The summed E-state index contributed by atoms with van der Waals surface area (Å²) in [6.07, 6.45) is 0.690. The van der Waals surface area contributed by atoms with Gasteiger partial charge in [-0.05, 0) is 39.8 Å². The summed E-state index contributed by atoms with van der Waals surface area (Å²) >= 11 is 0. The van der Waals surface area contributed by atoms with Crippen molar-refractivity contribution in [1.82, 2.24) is 20.4 Å². The number of hydrogen-bond donors (Lipinski definition) is 2. The number of amides is 4. The highest BCUT2D eigenvalue weighted by Crippen LogP contribution is 2.44. The van der Waals surface area contributed by atoms with Crippen molar-refractivity contribution in [3.8, 4) is 28.4 Å². The molecule has 14 heteroatoms. The lowest BCUT2D eigenvalue weighted by Crippen LogP contribution is -2.62. The number of carbonyl (C=O) groups is 5. The number of methoxy groups -OCH3 is 3. The molecular weight excluding hydrogens is 769 g/mol. The first-order valence-electron chi connectivity index (χ1n) is 19.7. The lowest BCUT2D eigenvalue weighted by molar-refractivity contribution is -0.163. The van der Waals surface area contributed by atoms with Gasteiger partial charge >= 0.3 is 12.1 Å². The van der Waals surface area contributed by atoms with E-state index in [4.69, 9.17) is 23.7 Å². The number of fused-ring (bicyclic) bond motifs is 4. The molecule has 60 heavy (non-hydrogen) atoms. The maximum atomic E-state index is 14.2. The van der Waals surface area contributed by atoms with Crippen LogP contribution in [0.15, 0.2) is 97.6 Å². The zero-order valence-corrected chi connectivity index (χ0v) is 33.8. The Morgan fingerprint density at radius 1 is 0.817 bits per heavy atom. The lowest BCUT2D eigenvalue weighted by atomic mass is 9.98. The average molecular weight is 817 g/mol. The van der Waals surface area contributed by atoms with E-state index in [2.05, 4.69) is 29.3 Å². The van der Waals surface area contributed by atoms with E-state index in [1.165, 1.54) is 30.1 Å². The number of nitrogens with one attached hydrogen (secondary N) is 2. The van der Waals surface area contributed by atoms with E-state index in [0.717, 1.165) is 27.8 Å². The molecule has 2 N–H and O–H groups in total. The van der Waals surface area contributed by atoms with E-state index >= 15 is 0 Å². The summed E-state index contributed by atoms with van der Waals surface area (Å²) in [5.41, 5.74) is 6.47. The summed E-state index contributed by atoms with van der Waals surface area (Å²) in [5.74, 6) is -0.188. The van der Waals surface area contributed by atoms with E-state index in [1.54, 1.807) is 43.5 Å². The Hall–Kier alpha value is -6.83. The number of rotatable bonds is 16. The molecule has 4 amide bonds. The van der Waals surface area contributed by atoms with Gasteiger partial charge in [0, 0.05) is 31.1 Å². The first kappa shape index (κ1) is 41.3. The molecule has 0 spiro atoms. The third-order valence-corrected chi connectivity index (χ3v) is 11.2. The predicted octanol–water partition coefficient (Wildman–Crippen LogP) is 4.91. The molecule has 2 aliphatic heterocycles. The first-order chi connectivity index (χ1) is 29.1. The monoisotopic (exact) mass is 816 g/mol. The van der Waals surface area contributed by atoms with Crippen LogP contribution < -0.4 is 24.8 Å². The predicted molar refractivity (Wildman–Crippen MR) is 220 cm³/mol. The van der Waals surface area contributed by atoms with E-state index < -0.39 is 36.1 Å². The van der Waals surface area contributed by atoms with Crippen molar-refractivity contribution in [1.29, 1.82) is 0 Å². The Morgan fingerprint density at radius 3 is 2.07 bits per heavy atom. The molecule has 4 aromatic rings. The van der Waals surface area contributed by atoms with Crippen molar-refractivity contribution in [2.75, 3.05) is 41.1 Å². The quantitative estimate of drug-likeness (QED) is 0.118. The Balaban J connectivity index is 0.986. The molecule has 14 nitrogen and oxygen atoms in total. The van der Waals surface area contributed by atoms with Gasteiger partial charge in [-0.1, -0.05) is 85.5 Å². The molecule has 1 unspecified atom stereocenters. The molecule has 1 aliphatic carbocycles. The molecule has 312 valence electrons. The maximum absolute atomic E-state index is 14.2. The molecule has 0 radical (unpaired) electrons. The van der Waals surface area contributed by atoms with Gasteiger partial charge in [-0.15, -0.1) is 0 Å². The summed E-state index contributed by atoms with van der Waals surface area (Å²) in [4.78, 5) is 70.2. The number of carbonyl (C=O) groups excluding carboxylic acids is 5. The number of ether oxygens (including phenoxy) is 5. The van der Waals surface area contributed by atoms with Gasteiger partial charge in [0.05, 0.1) is 52.3 Å². The Bertz CT molecular complexity index is 2210. The minimum Gasteiger partial charge on any atom is -0.496 e. The van der Waals surface area contributed by atoms with Gasteiger partial charge in [-0.3, -0.25) is 19.2 Å². The first-order valence-corrected chi connectivity index (χ1v) is 19.7. The SMILES string of the molecule is C=CCOC(=O)C[C@H]1C(=O)N2C[C@@H](NC(=O)OCC3c4ccccc4-c4ccccc43)CC2C(=O)N1Cc1ccc(CC(=O)NCc2c(OC)cc(OC)cc2OC)cc1. The summed E-state index contributed by atoms with van der Waals surface area (Å²) in [7, 11) is 4.59. The van der Waals surface area contributed by atoms with Crippen LogP contribution in [0.1, 0.15) is 46.6 Å². The van der Waals surface area contributed by atoms with Gasteiger partial charge in [0.2, 0.25) is 17.7 Å². The second-order valence-corrected chi connectivity index (χ2v) is 14.8. The van der Waals surface area contributed by atoms with Crippen molar-refractivity contribution in [3.63, 3.8) is 0 Å². The molecule has 4 aromatic carbocycles. The fourth-order valence-corrected chi connectivity index (χ4v) is 8.30. The van der Waals surface area contributed by atoms with Crippen LogP contribution >= 0.6 is 0 Å². The average Bonchev–Trinajstić information content (AvgIpc) is 3.84. The Labute approximate surface area is 348 Å². The summed E-state index contributed by atoms with van der Waals surface area (Å²) in [6.45, 7) is 3.94. The number of hydrogen-bond acceptors (Lipinski definition) is 10. The van der Waals surface area contributed by atoms with Crippen LogP contribution in [0.5, 0.6) is 17.2 Å². The maximum Gasteiger partial charge on any atom is 0.407 e. The van der Waals surface area contributed by atoms with Crippen LogP contribution in [-0.4, -0.2) is 98.8 Å². The van der Waals surface area contributed by atoms with Crippen LogP contribution in [0, 0.1) is 0 Å². The number of alkyl carbamates (subject to hydrolysis) is 1. The summed E-state index contributed by atoms with van der Waals surface area (Å²) in [5, 5.41) is 5.78. The van der Waals surface area contributed by atoms with Crippen molar-refractivity contribution in [2.24, 2.45) is 0 Å². The van der Waals surface area contributed by atoms with Crippen molar-refractivity contribution < 1.29 is 47.7 Å². The molecule has 3 aliphatic rings. The highest BCUT2D eigenvalue weighted by atomic mass is 16.5. The largest absolute Gasteiger partial charge is 0.496 e. The number of nitrogens with zero attached hydrogens (tertiary/aromatic N) is 2. The molecule has 0 bridgehead atoms. The van der Waals surface area contributed by atoms with Gasteiger partial charge in [-0.2, -0.15) is 0 Å². The van der Waals surface area contributed by atoms with Gasteiger partial charge in [0.1, 0.15) is 42.5 Å². The third-order valence-electron chi connectivity index (χ3n) is 11.2. The van der Waals surface area contributed by atoms with Crippen molar-refractivity contribution in [3.05, 3.63) is 125 Å². The van der Waals surface area contributed by atoms with E-state index in [0.29, 0.717) is 28.4 Å². The fourth-order valence-electron chi connectivity index (χ4n) is 8.30. The van der Waals surface area contributed by atoms with Crippen molar-refractivity contribution in [2.45, 2.75) is 56.4 Å². The standard InChI is InChI=1S/C46H48N4O10/c1-5-18-59-43(52)23-39-45(54)50-26-30(48-46(55)60-27-37-34-12-8-6-10-32(34)33-11-7-9-13-35(33)37)20-38(50)44(53)49(39)25-29-16-14-28(15-17-29)19-42(51)47-24-36-40(57-3)21-31(56-2)22-41(36)58-4/h5-17,21-22,30,37-39H,1,18-20,23-27H2,2-4H3,(H,47,51)(H,48,55)/t30-,38?,39-/m0/s1. The molecular formula is C46H48N4O10. The molecule has 7 rings (SSSR count). The van der Waals surface area contributed by atoms with Crippen LogP contribution in [0.4, 0.5) is 4.79 Å². The lowest BCUT2D eigenvalue weighted by Gasteiger charge is -2.42. The third kappa shape index (κ3) is 8.77. The second kappa shape index (κ2) is 18.4. The van der Waals surface area contributed by atoms with Crippen LogP contribution in [0.3, 0.4) is 0 Å². The normalized spacial score (nSPS) is 17.9. The number of piperazine rings is 1. The summed E-state index contributed by atoms with van der Waals surface area (Å²) < 4.78 is 27.3. The Kier molecular flexibility index (Phi) is 12.7. The van der Waals surface area contributed by atoms with E-state index in [9.17, 15) is 24.0 Å². The zero-order valence-electron chi connectivity index (χ0n) is 33.8. The number of benzene rings is 4. The fraction of sp³-hybridized carbons (Fsp3) is 0.326. The highest BCUT2D eigenvalue weighted by Gasteiger charge is 2.51. The highest BCUT2D eigenvalue weighted by molar-refractivity contribution is 5.99. The molecule has 3 atom stereocenters. The Morgan fingerprint density at radius 2 is 1.45 bits per heavy atom. The summed E-state index contributed by atoms with van der Waals surface area (Å²) in [6, 6.07) is 24.1. The molecule has 0 saturated carbocycles. The molecule has 0 aromatic heterocycles. The molecule has 2 heterocycles. The van der Waals surface area contributed by atoms with Gasteiger partial charge in [-0.25, -0.2) is 4.79 Å². The van der Waals surface area contributed by atoms with E-state index in [-0.39, 0.29) is 69.8 Å². The van der Waals surface area contributed by atoms with Crippen LogP contribution in [-0.2, 0) is 48.2 Å². The topological polar surface area (TPSA) is 162 Å². The van der Waals surface area contributed by atoms with Crippen LogP contribution in [0.25, 0.3) is 11.1 Å². The number of esters is 1. The second-order valence-electron chi connectivity index (χ2n) is 14.8. The smallest absolute Gasteiger partial charge is 0.407 e. The minimum atomic E-state index is -1.13. The van der Waals surface area contributed by atoms with Gasteiger partial charge in [0.25, 0.3) is 0 Å². The van der Waals surface area contributed by atoms with Gasteiger partial charge < -0.3 is 44.1 Å². The molecule has 2 saturated heterocycles. The van der Waals surface area contributed by atoms with E-state index in [1.807, 2.05) is 36.4 Å². The molecule has 2 fully saturated rings. The van der Waals surface area contributed by atoms with Crippen LogP contribution in [0.2, 0.25) is 0 Å².